The molecule has 0 spiro atoms. The van der Waals surface area contributed by atoms with Crippen molar-refractivity contribution in [3.63, 3.8) is 0 Å². The summed E-state index contributed by atoms with van der Waals surface area (Å²) in [6.45, 7) is 9.59. The third-order valence-corrected chi connectivity index (χ3v) is 8.42. The standard InChI is InChI=1S/C33H32N2O6S/c1-18(2)10-11-39-23-7-5-6-21(16-23)29-27(30(36)22-8-9-24-25(17-22)41-13-12-40-24)31(37)32(38)35(29)33-34-28-20(4)14-19(3)15-26(28)42-33/h5-9,14-18,29,36H,10-13H2,1-4H3/b30-27+/t29-/m0/s1. The molecule has 1 N–H and O–H groups in total. The molecule has 216 valence electrons. The number of amides is 1. The third kappa shape index (κ3) is 5.09. The van der Waals surface area contributed by atoms with Gasteiger partial charge in [-0.2, -0.15) is 0 Å². The molecule has 1 aromatic heterocycles. The maximum atomic E-state index is 13.8. The molecule has 8 nitrogen and oxygen atoms in total. The lowest BCUT2D eigenvalue weighted by molar-refractivity contribution is -0.132. The van der Waals surface area contributed by atoms with Gasteiger partial charge >= 0.3 is 5.91 Å². The number of Topliss-reactive ketones (excluding diaryl/α,β-unsaturated/α-hetero) is 1. The first-order valence-corrected chi connectivity index (χ1v) is 14.8. The van der Waals surface area contributed by atoms with E-state index in [4.69, 9.17) is 19.2 Å². The lowest BCUT2D eigenvalue weighted by Gasteiger charge is -2.24. The highest BCUT2D eigenvalue weighted by molar-refractivity contribution is 7.22. The van der Waals surface area contributed by atoms with Gasteiger partial charge in [-0.15, -0.1) is 0 Å². The van der Waals surface area contributed by atoms with Gasteiger partial charge in [0.25, 0.3) is 5.78 Å². The fourth-order valence-electron chi connectivity index (χ4n) is 5.34. The Morgan fingerprint density at radius 2 is 1.86 bits per heavy atom. The third-order valence-electron chi connectivity index (χ3n) is 7.42. The molecule has 42 heavy (non-hydrogen) atoms. The first kappa shape index (κ1) is 27.8. The molecule has 0 unspecified atom stereocenters. The Labute approximate surface area is 248 Å². The first-order valence-electron chi connectivity index (χ1n) is 14.0. The zero-order valence-electron chi connectivity index (χ0n) is 24.0. The van der Waals surface area contributed by atoms with Gasteiger partial charge in [0.15, 0.2) is 16.6 Å². The van der Waals surface area contributed by atoms with E-state index in [0.717, 1.165) is 27.8 Å². The molecule has 0 bridgehead atoms. The maximum absolute atomic E-state index is 13.8. The van der Waals surface area contributed by atoms with Gasteiger partial charge in [0.2, 0.25) is 0 Å². The van der Waals surface area contributed by atoms with Gasteiger partial charge in [-0.05, 0) is 79.3 Å². The molecule has 1 atom stereocenters. The number of aliphatic hydroxyl groups excluding tert-OH is 1. The van der Waals surface area contributed by atoms with Crippen molar-refractivity contribution in [2.75, 3.05) is 24.7 Å². The number of hydrogen-bond acceptors (Lipinski definition) is 8. The largest absolute Gasteiger partial charge is 0.507 e. The van der Waals surface area contributed by atoms with E-state index >= 15 is 0 Å². The molecular formula is C33H32N2O6S. The van der Waals surface area contributed by atoms with Gasteiger partial charge in [-0.25, -0.2) is 4.98 Å². The minimum atomic E-state index is -0.922. The van der Waals surface area contributed by atoms with Gasteiger partial charge in [-0.3, -0.25) is 14.5 Å². The highest BCUT2D eigenvalue weighted by Crippen LogP contribution is 2.46. The molecule has 4 aromatic rings. The summed E-state index contributed by atoms with van der Waals surface area (Å²) in [4.78, 5) is 33.7. The highest BCUT2D eigenvalue weighted by atomic mass is 32.1. The Balaban J connectivity index is 1.50. The van der Waals surface area contributed by atoms with Crippen molar-refractivity contribution in [2.24, 2.45) is 5.92 Å². The predicted octanol–water partition coefficient (Wildman–Crippen LogP) is 6.74. The van der Waals surface area contributed by atoms with Crippen LogP contribution in [0.25, 0.3) is 16.0 Å². The number of fused-ring (bicyclic) bond motifs is 2. The lowest BCUT2D eigenvalue weighted by Crippen LogP contribution is -2.29. The Kier molecular flexibility index (Phi) is 7.36. The van der Waals surface area contributed by atoms with Gasteiger partial charge in [0, 0.05) is 5.56 Å². The molecule has 3 heterocycles. The van der Waals surface area contributed by atoms with E-state index in [-0.39, 0.29) is 11.3 Å². The molecule has 2 aliphatic rings. The number of carbonyl (C=O) groups is 2. The number of benzene rings is 3. The van der Waals surface area contributed by atoms with Crippen molar-refractivity contribution in [3.05, 3.63) is 82.4 Å². The summed E-state index contributed by atoms with van der Waals surface area (Å²) in [7, 11) is 0. The predicted molar refractivity (Wildman–Crippen MR) is 163 cm³/mol. The van der Waals surface area contributed by atoms with Crippen molar-refractivity contribution >= 4 is 44.1 Å². The average molecular weight is 585 g/mol. The van der Waals surface area contributed by atoms with Crippen LogP contribution in [-0.4, -0.2) is 41.6 Å². The number of aromatic nitrogens is 1. The number of aliphatic hydroxyl groups is 1. The summed E-state index contributed by atoms with van der Waals surface area (Å²) in [5.41, 5.74) is 3.79. The molecule has 0 aliphatic carbocycles. The number of nitrogens with zero attached hydrogens (tertiary/aromatic N) is 2. The highest BCUT2D eigenvalue weighted by Gasteiger charge is 2.48. The Bertz CT molecular complexity index is 1740. The number of thiazole rings is 1. The summed E-state index contributed by atoms with van der Waals surface area (Å²) in [5, 5.41) is 12.0. The van der Waals surface area contributed by atoms with Crippen LogP contribution in [0.15, 0.2) is 60.2 Å². The fraction of sp³-hybridized carbons (Fsp3) is 0.303. The SMILES string of the molecule is Cc1cc(C)c2nc(N3C(=O)C(=O)/C(=C(/O)c4ccc5c(c4)OCCO5)[C@@H]3c3cccc(OCCC(C)C)c3)sc2c1. The van der Waals surface area contributed by atoms with Gasteiger partial charge in [0.1, 0.15) is 24.7 Å². The maximum Gasteiger partial charge on any atom is 0.301 e. The van der Waals surface area contributed by atoms with Gasteiger partial charge in [-0.1, -0.05) is 43.4 Å². The first-order chi connectivity index (χ1) is 20.2. The summed E-state index contributed by atoms with van der Waals surface area (Å²) in [6.07, 6.45) is 0.886. The zero-order chi connectivity index (χ0) is 29.5. The lowest BCUT2D eigenvalue weighted by atomic mass is 9.95. The summed E-state index contributed by atoms with van der Waals surface area (Å²) < 4.78 is 18.3. The molecule has 9 heteroatoms. The molecule has 1 amide bonds. The van der Waals surface area contributed by atoms with E-state index in [1.807, 2.05) is 50.2 Å². The van der Waals surface area contributed by atoms with Crippen LogP contribution in [0.5, 0.6) is 17.2 Å². The second kappa shape index (κ2) is 11.1. The second-order valence-corrected chi connectivity index (χ2v) is 12.1. The topological polar surface area (TPSA) is 98.2 Å². The van der Waals surface area contributed by atoms with Crippen molar-refractivity contribution in [1.29, 1.82) is 0 Å². The number of aryl methyl sites for hydroxylation is 2. The van der Waals surface area contributed by atoms with Crippen LogP contribution in [0.2, 0.25) is 0 Å². The quantitative estimate of drug-likeness (QED) is 0.146. The van der Waals surface area contributed by atoms with Crippen molar-refractivity contribution in [3.8, 4) is 17.2 Å². The molecule has 1 fully saturated rings. The van der Waals surface area contributed by atoms with Gasteiger partial charge < -0.3 is 19.3 Å². The number of ketones is 1. The minimum Gasteiger partial charge on any atom is -0.507 e. The number of rotatable bonds is 7. The minimum absolute atomic E-state index is 0.0248. The molecular weight excluding hydrogens is 552 g/mol. The van der Waals surface area contributed by atoms with Crippen LogP contribution in [-0.2, 0) is 9.59 Å². The normalized spacial score (nSPS) is 17.8. The van der Waals surface area contributed by atoms with E-state index in [9.17, 15) is 14.7 Å². The molecule has 0 saturated carbocycles. The molecule has 2 aliphatic heterocycles. The van der Waals surface area contributed by atoms with E-state index in [2.05, 4.69) is 13.8 Å². The van der Waals surface area contributed by atoms with Crippen LogP contribution in [0.3, 0.4) is 0 Å². The van der Waals surface area contributed by atoms with Crippen molar-refractivity contribution < 1.29 is 28.9 Å². The van der Waals surface area contributed by atoms with Crippen LogP contribution in [0.4, 0.5) is 5.13 Å². The number of anilines is 1. The molecule has 0 radical (unpaired) electrons. The van der Waals surface area contributed by atoms with Gasteiger partial charge in [0.05, 0.1) is 28.4 Å². The van der Waals surface area contributed by atoms with Crippen LogP contribution >= 0.6 is 11.3 Å². The molecule has 6 rings (SSSR count). The fourth-order valence-corrected chi connectivity index (χ4v) is 6.51. The van der Waals surface area contributed by atoms with E-state index < -0.39 is 17.7 Å². The molecule has 3 aromatic carbocycles. The smallest absolute Gasteiger partial charge is 0.301 e. The average Bonchev–Trinajstić information content (AvgIpc) is 3.50. The van der Waals surface area contributed by atoms with E-state index in [1.54, 1.807) is 18.2 Å². The van der Waals surface area contributed by atoms with Crippen LogP contribution < -0.4 is 19.1 Å². The van der Waals surface area contributed by atoms with Crippen molar-refractivity contribution in [1.82, 2.24) is 4.98 Å². The summed E-state index contributed by atoms with van der Waals surface area (Å²) in [5.74, 6) is 0.294. The number of carbonyl (C=O) groups excluding carboxylic acids is 2. The number of ether oxygens (including phenoxy) is 3. The van der Waals surface area contributed by atoms with E-state index in [0.29, 0.717) is 59.2 Å². The molecule has 1 saturated heterocycles. The Morgan fingerprint density at radius 1 is 1.07 bits per heavy atom. The summed E-state index contributed by atoms with van der Waals surface area (Å²) >= 11 is 1.35. The zero-order valence-corrected chi connectivity index (χ0v) is 24.8. The summed E-state index contributed by atoms with van der Waals surface area (Å²) in [6, 6.07) is 15.4. The number of hydrogen-bond donors (Lipinski definition) is 1. The Hall–Kier alpha value is -4.37. The van der Waals surface area contributed by atoms with E-state index in [1.165, 1.54) is 16.2 Å². The monoisotopic (exact) mass is 584 g/mol. The van der Waals surface area contributed by atoms with Crippen LogP contribution in [0.1, 0.15) is 48.6 Å². The van der Waals surface area contributed by atoms with Crippen LogP contribution in [0, 0.1) is 19.8 Å². The Morgan fingerprint density at radius 3 is 2.64 bits per heavy atom. The van der Waals surface area contributed by atoms with Crippen molar-refractivity contribution in [2.45, 2.75) is 40.2 Å². The second-order valence-electron chi connectivity index (χ2n) is 11.1.